The van der Waals surface area contributed by atoms with Crippen molar-refractivity contribution in [3.8, 4) is 0 Å². The first-order valence-electron chi connectivity index (χ1n) is 7.89. The van der Waals surface area contributed by atoms with E-state index in [9.17, 15) is 13.2 Å². The molecule has 0 atom stereocenters. The molecule has 1 fully saturated rings. The van der Waals surface area contributed by atoms with Gasteiger partial charge in [-0.05, 0) is 37.5 Å². The number of piperidine rings is 1. The van der Waals surface area contributed by atoms with E-state index in [1.807, 2.05) is 0 Å². The number of hydrogen-bond acceptors (Lipinski definition) is 4. The molecule has 0 spiro atoms. The lowest BCUT2D eigenvalue weighted by atomic mass is 10.1. The first kappa shape index (κ1) is 16.7. The third-order valence-corrected chi connectivity index (χ3v) is 6.18. The Labute approximate surface area is 141 Å². The lowest BCUT2D eigenvalue weighted by Gasteiger charge is -2.26. The van der Waals surface area contributed by atoms with Crippen LogP contribution in [0.3, 0.4) is 0 Å². The zero-order valence-electron chi connectivity index (χ0n) is 13.4. The summed E-state index contributed by atoms with van der Waals surface area (Å²) in [5, 5.41) is 9.04. The van der Waals surface area contributed by atoms with Crippen molar-refractivity contribution in [1.29, 1.82) is 0 Å². The zero-order valence-corrected chi connectivity index (χ0v) is 14.3. The van der Waals surface area contributed by atoms with Crippen LogP contribution in [0, 0.1) is 6.92 Å². The summed E-state index contributed by atoms with van der Waals surface area (Å²) in [6, 6.07) is 4.75. The number of hydrogen-bond donors (Lipinski definition) is 2. The molecule has 0 unspecified atom stereocenters. The topological polar surface area (TPSA) is 95.2 Å². The second-order valence-electron chi connectivity index (χ2n) is 5.89. The maximum absolute atomic E-state index is 12.9. The Morgan fingerprint density at radius 3 is 2.67 bits per heavy atom. The molecule has 2 aromatic rings. The van der Waals surface area contributed by atoms with Gasteiger partial charge in [0, 0.05) is 24.8 Å². The van der Waals surface area contributed by atoms with E-state index in [1.165, 1.54) is 16.6 Å². The van der Waals surface area contributed by atoms with Gasteiger partial charge in [0.25, 0.3) is 5.91 Å². The third-order valence-electron chi connectivity index (χ3n) is 4.14. The molecule has 1 aliphatic heterocycles. The molecule has 3 rings (SSSR count). The number of carbonyl (C=O) groups excluding carboxylic acids is 1. The SMILES string of the molecule is Cc1ccc(C(=O)Nc2cn[nH]c2)cc1S(=O)(=O)N1CCCCC1. The lowest BCUT2D eigenvalue weighted by Crippen LogP contribution is -2.36. The highest BCUT2D eigenvalue weighted by molar-refractivity contribution is 7.89. The summed E-state index contributed by atoms with van der Waals surface area (Å²) in [6.45, 7) is 2.81. The predicted octanol–water partition coefficient (Wildman–Crippen LogP) is 2.15. The number of nitrogens with one attached hydrogen (secondary N) is 2. The van der Waals surface area contributed by atoms with Crippen molar-refractivity contribution in [2.45, 2.75) is 31.1 Å². The molecule has 0 bridgehead atoms. The van der Waals surface area contributed by atoms with E-state index in [4.69, 9.17) is 0 Å². The fourth-order valence-electron chi connectivity index (χ4n) is 2.79. The summed E-state index contributed by atoms with van der Waals surface area (Å²) in [5.41, 5.74) is 1.47. The molecule has 128 valence electrons. The van der Waals surface area contributed by atoms with Crippen molar-refractivity contribution >= 4 is 21.6 Å². The summed E-state index contributed by atoms with van der Waals surface area (Å²) in [6.07, 6.45) is 5.84. The second kappa shape index (κ2) is 6.74. The fraction of sp³-hybridized carbons (Fsp3) is 0.375. The Morgan fingerprint density at radius 2 is 2.00 bits per heavy atom. The average Bonchev–Trinajstić information content (AvgIpc) is 3.09. The Bertz CT molecular complexity index is 825. The van der Waals surface area contributed by atoms with Gasteiger partial charge in [0.15, 0.2) is 0 Å². The van der Waals surface area contributed by atoms with E-state index < -0.39 is 10.0 Å². The number of aromatic nitrogens is 2. The van der Waals surface area contributed by atoms with Gasteiger partial charge in [-0.1, -0.05) is 12.5 Å². The first-order chi connectivity index (χ1) is 11.5. The van der Waals surface area contributed by atoms with Crippen molar-refractivity contribution in [1.82, 2.24) is 14.5 Å². The molecular weight excluding hydrogens is 328 g/mol. The molecule has 0 aliphatic carbocycles. The van der Waals surface area contributed by atoms with Gasteiger partial charge < -0.3 is 5.32 Å². The Morgan fingerprint density at radius 1 is 1.25 bits per heavy atom. The van der Waals surface area contributed by atoms with Gasteiger partial charge in [-0.2, -0.15) is 9.40 Å². The summed E-state index contributed by atoms with van der Waals surface area (Å²) in [5.74, 6) is -0.369. The predicted molar refractivity (Wildman–Crippen MR) is 90.3 cm³/mol. The molecule has 0 radical (unpaired) electrons. The van der Waals surface area contributed by atoms with Crippen molar-refractivity contribution in [3.05, 3.63) is 41.7 Å². The number of rotatable bonds is 4. The highest BCUT2D eigenvalue weighted by Crippen LogP contribution is 2.24. The van der Waals surface area contributed by atoms with Crippen LogP contribution in [0.1, 0.15) is 35.2 Å². The van der Waals surface area contributed by atoms with Gasteiger partial charge in [0.05, 0.1) is 16.8 Å². The fourth-order valence-corrected chi connectivity index (χ4v) is 4.55. The molecule has 1 aromatic carbocycles. The van der Waals surface area contributed by atoms with Crippen LogP contribution >= 0.6 is 0 Å². The molecule has 0 saturated carbocycles. The number of amides is 1. The van der Waals surface area contributed by atoms with Gasteiger partial charge in [-0.25, -0.2) is 8.42 Å². The normalized spacial score (nSPS) is 16.0. The maximum atomic E-state index is 12.9. The van der Waals surface area contributed by atoms with Crippen molar-refractivity contribution in [2.24, 2.45) is 0 Å². The van der Waals surface area contributed by atoms with E-state index in [0.717, 1.165) is 19.3 Å². The Balaban J connectivity index is 1.89. The van der Waals surface area contributed by atoms with Crippen LogP contribution in [0.15, 0.2) is 35.5 Å². The van der Waals surface area contributed by atoms with Crippen LogP contribution in [-0.2, 0) is 10.0 Å². The monoisotopic (exact) mass is 348 g/mol. The molecule has 2 N–H and O–H groups in total. The number of carbonyl (C=O) groups is 1. The maximum Gasteiger partial charge on any atom is 0.255 e. The Hall–Kier alpha value is -2.19. The number of sulfonamides is 1. The molecule has 24 heavy (non-hydrogen) atoms. The van der Waals surface area contributed by atoms with Crippen LogP contribution in [0.25, 0.3) is 0 Å². The van der Waals surface area contributed by atoms with E-state index in [-0.39, 0.29) is 10.8 Å². The van der Waals surface area contributed by atoms with Crippen LogP contribution in [0.5, 0.6) is 0 Å². The zero-order chi connectivity index (χ0) is 17.2. The smallest absolute Gasteiger partial charge is 0.255 e. The lowest BCUT2D eigenvalue weighted by molar-refractivity contribution is 0.102. The minimum absolute atomic E-state index is 0.198. The van der Waals surface area contributed by atoms with Crippen molar-refractivity contribution in [2.75, 3.05) is 18.4 Å². The van der Waals surface area contributed by atoms with Crippen molar-refractivity contribution in [3.63, 3.8) is 0 Å². The summed E-state index contributed by atoms with van der Waals surface area (Å²) < 4.78 is 27.3. The van der Waals surface area contributed by atoms with Gasteiger partial charge in [-0.3, -0.25) is 9.89 Å². The highest BCUT2D eigenvalue weighted by atomic mass is 32.2. The summed E-state index contributed by atoms with van der Waals surface area (Å²) in [4.78, 5) is 12.5. The van der Waals surface area contributed by atoms with Crippen molar-refractivity contribution < 1.29 is 13.2 Å². The quantitative estimate of drug-likeness (QED) is 0.885. The second-order valence-corrected chi connectivity index (χ2v) is 7.79. The number of anilines is 1. The largest absolute Gasteiger partial charge is 0.319 e. The van der Waals surface area contributed by atoms with E-state index >= 15 is 0 Å². The Kier molecular flexibility index (Phi) is 4.68. The van der Waals surface area contributed by atoms with E-state index in [2.05, 4.69) is 15.5 Å². The van der Waals surface area contributed by atoms with Crippen LogP contribution in [-0.4, -0.2) is 41.9 Å². The number of aromatic amines is 1. The van der Waals surface area contributed by atoms with Crippen LogP contribution in [0.4, 0.5) is 5.69 Å². The van der Waals surface area contributed by atoms with E-state index in [1.54, 1.807) is 25.3 Å². The highest BCUT2D eigenvalue weighted by Gasteiger charge is 2.28. The first-order valence-corrected chi connectivity index (χ1v) is 9.33. The number of H-pyrrole nitrogens is 1. The molecule has 1 aromatic heterocycles. The number of benzene rings is 1. The number of nitrogens with zero attached hydrogens (tertiary/aromatic N) is 2. The molecule has 1 saturated heterocycles. The van der Waals surface area contributed by atoms with E-state index in [0.29, 0.717) is 29.9 Å². The molecular formula is C16H20N4O3S. The molecule has 7 nitrogen and oxygen atoms in total. The van der Waals surface area contributed by atoms with Gasteiger partial charge in [0.1, 0.15) is 0 Å². The molecule has 1 amide bonds. The molecule has 1 aliphatic rings. The van der Waals surface area contributed by atoms with Crippen LogP contribution in [0.2, 0.25) is 0 Å². The third kappa shape index (κ3) is 3.34. The standard InChI is InChI=1S/C16H20N4O3S/c1-12-5-6-13(16(21)19-14-10-17-18-11-14)9-15(12)24(22,23)20-7-3-2-4-8-20/h5-6,9-11H,2-4,7-8H2,1H3,(H,17,18)(H,19,21). The molecule has 2 heterocycles. The average molecular weight is 348 g/mol. The van der Waals surface area contributed by atoms with Gasteiger partial charge in [-0.15, -0.1) is 0 Å². The van der Waals surface area contributed by atoms with Gasteiger partial charge >= 0.3 is 0 Å². The van der Waals surface area contributed by atoms with Crippen LogP contribution < -0.4 is 5.32 Å². The molecule has 8 heteroatoms. The van der Waals surface area contributed by atoms with Gasteiger partial charge in [0.2, 0.25) is 10.0 Å². The summed E-state index contributed by atoms with van der Waals surface area (Å²) in [7, 11) is -3.58. The minimum atomic E-state index is -3.58. The summed E-state index contributed by atoms with van der Waals surface area (Å²) >= 11 is 0. The number of aryl methyl sites for hydroxylation is 1. The minimum Gasteiger partial charge on any atom is -0.319 e.